The summed E-state index contributed by atoms with van der Waals surface area (Å²) in [6.07, 6.45) is -0.0778. The van der Waals surface area contributed by atoms with Crippen LogP contribution in [0.1, 0.15) is 25.3 Å². The largest absolute Gasteiger partial charge is 0.467 e. The van der Waals surface area contributed by atoms with E-state index in [1.165, 1.54) is 14.0 Å². The Balaban J connectivity index is 2.57. The highest BCUT2D eigenvalue weighted by Crippen LogP contribution is 2.15. The maximum Gasteiger partial charge on any atom is 0.408 e. The first-order chi connectivity index (χ1) is 10.0. The fraction of sp³-hybridized carbons (Fsp3) is 0.467. The van der Waals surface area contributed by atoms with Crippen molar-refractivity contribution < 1.29 is 24.2 Å². The van der Waals surface area contributed by atoms with Crippen molar-refractivity contribution in [3.8, 4) is 0 Å². The van der Waals surface area contributed by atoms with Crippen LogP contribution in [0.15, 0.2) is 30.3 Å². The monoisotopic (exact) mass is 295 g/mol. The molecule has 1 aromatic rings. The van der Waals surface area contributed by atoms with E-state index in [0.29, 0.717) is 6.42 Å². The van der Waals surface area contributed by atoms with Crippen LogP contribution in [0.3, 0.4) is 0 Å². The zero-order chi connectivity index (χ0) is 15.7. The number of benzene rings is 1. The normalized spacial score (nSPS) is 13.1. The molecule has 6 heteroatoms. The maximum absolute atomic E-state index is 11.8. The highest BCUT2D eigenvalue weighted by atomic mass is 16.6. The molecule has 0 radical (unpaired) electrons. The Kier molecular flexibility index (Phi) is 6.68. The van der Waals surface area contributed by atoms with Gasteiger partial charge in [0.1, 0.15) is 12.1 Å². The molecule has 116 valence electrons. The number of methoxy groups -OCH3 is 1. The average molecular weight is 295 g/mol. The van der Waals surface area contributed by atoms with Crippen LogP contribution in [0.2, 0.25) is 0 Å². The molecule has 21 heavy (non-hydrogen) atoms. The van der Waals surface area contributed by atoms with Crippen LogP contribution < -0.4 is 5.32 Å². The van der Waals surface area contributed by atoms with Crippen LogP contribution in [0.25, 0.3) is 0 Å². The van der Waals surface area contributed by atoms with Crippen LogP contribution in [0.4, 0.5) is 4.79 Å². The molecule has 0 saturated carbocycles. The molecule has 0 heterocycles. The standard InChI is InChI=1S/C15H21NO5/c1-15(9-6-10-17,13(18)20-2)16-14(19)21-11-12-7-4-3-5-8-12/h3-5,7-8,17H,6,9-11H2,1-2H3,(H,16,19)/t15-/m1/s1. The second kappa shape index (κ2) is 8.26. The Morgan fingerprint density at radius 3 is 2.52 bits per heavy atom. The number of hydrogen-bond donors (Lipinski definition) is 2. The third kappa shape index (κ3) is 5.43. The highest BCUT2D eigenvalue weighted by molar-refractivity contribution is 5.85. The number of hydrogen-bond acceptors (Lipinski definition) is 5. The Hall–Kier alpha value is -2.08. The zero-order valence-corrected chi connectivity index (χ0v) is 12.3. The van der Waals surface area contributed by atoms with Gasteiger partial charge in [-0.1, -0.05) is 30.3 Å². The van der Waals surface area contributed by atoms with E-state index in [4.69, 9.17) is 9.84 Å². The molecule has 0 unspecified atom stereocenters. The lowest BCUT2D eigenvalue weighted by Crippen LogP contribution is -2.53. The van der Waals surface area contributed by atoms with Crippen molar-refractivity contribution in [2.75, 3.05) is 13.7 Å². The number of carbonyl (C=O) groups is 2. The number of carbonyl (C=O) groups excluding carboxylic acids is 2. The number of amides is 1. The van der Waals surface area contributed by atoms with Crippen LogP contribution in [0.5, 0.6) is 0 Å². The lowest BCUT2D eigenvalue weighted by Gasteiger charge is -2.27. The van der Waals surface area contributed by atoms with Crippen molar-refractivity contribution in [1.82, 2.24) is 5.32 Å². The van der Waals surface area contributed by atoms with E-state index in [1.54, 1.807) is 0 Å². The predicted octanol–water partition coefficient (Wildman–Crippen LogP) is 1.62. The molecule has 0 aliphatic rings. The molecule has 2 N–H and O–H groups in total. The number of rotatable bonds is 7. The fourth-order valence-corrected chi connectivity index (χ4v) is 1.86. The average Bonchev–Trinajstić information content (AvgIpc) is 2.51. The van der Waals surface area contributed by atoms with Crippen LogP contribution in [-0.4, -0.2) is 36.4 Å². The summed E-state index contributed by atoms with van der Waals surface area (Å²) in [5, 5.41) is 11.4. The fourth-order valence-electron chi connectivity index (χ4n) is 1.86. The van der Waals surface area contributed by atoms with E-state index in [0.717, 1.165) is 5.56 Å². The van der Waals surface area contributed by atoms with Crippen molar-refractivity contribution in [1.29, 1.82) is 0 Å². The lowest BCUT2D eigenvalue weighted by molar-refractivity contribution is -0.148. The third-order valence-corrected chi connectivity index (χ3v) is 3.06. The zero-order valence-electron chi connectivity index (χ0n) is 12.3. The Bertz CT molecular complexity index is 462. The molecule has 0 spiro atoms. The Morgan fingerprint density at radius 1 is 1.29 bits per heavy atom. The lowest BCUT2D eigenvalue weighted by atomic mass is 9.96. The molecule has 0 aromatic heterocycles. The summed E-state index contributed by atoms with van der Waals surface area (Å²) in [7, 11) is 1.25. The number of esters is 1. The summed E-state index contributed by atoms with van der Waals surface area (Å²) in [5.41, 5.74) is -0.367. The molecular weight excluding hydrogens is 274 g/mol. The topological polar surface area (TPSA) is 84.9 Å². The summed E-state index contributed by atoms with van der Waals surface area (Å²) >= 11 is 0. The number of aliphatic hydroxyl groups is 1. The first-order valence-corrected chi connectivity index (χ1v) is 6.70. The summed E-state index contributed by atoms with van der Waals surface area (Å²) in [6, 6.07) is 9.22. The van der Waals surface area contributed by atoms with Gasteiger partial charge in [0.15, 0.2) is 0 Å². The van der Waals surface area contributed by atoms with E-state index >= 15 is 0 Å². The molecule has 0 bridgehead atoms. The van der Waals surface area contributed by atoms with Crippen molar-refractivity contribution in [2.45, 2.75) is 31.9 Å². The van der Waals surface area contributed by atoms with Gasteiger partial charge in [-0.05, 0) is 25.3 Å². The van der Waals surface area contributed by atoms with Crippen LogP contribution in [0, 0.1) is 0 Å². The third-order valence-electron chi connectivity index (χ3n) is 3.06. The van der Waals surface area contributed by atoms with Gasteiger partial charge in [-0.25, -0.2) is 9.59 Å². The summed E-state index contributed by atoms with van der Waals surface area (Å²) < 4.78 is 9.76. The van der Waals surface area contributed by atoms with E-state index in [-0.39, 0.29) is 19.6 Å². The maximum atomic E-state index is 11.8. The van der Waals surface area contributed by atoms with Gasteiger partial charge in [-0.3, -0.25) is 0 Å². The van der Waals surface area contributed by atoms with Crippen molar-refractivity contribution in [3.63, 3.8) is 0 Å². The van der Waals surface area contributed by atoms with Gasteiger partial charge in [0.2, 0.25) is 0 Å². The number of ether oxygens (including phenoxy) is 2. The number of nitrogens with one attached hydrogen (secondary N) is 1. The van der Waals surface area contributed by atoms with Crippen molar-refractivity contribution in [3.05, 3.63) is 35.9 Å². The second-order valence-electron chi connectivity index (χ2n) is 4.84. The van der Waals surface area contributed by atoms with Gasteiger partial charge >= 0.3 is 12.1 Å². The van der Waals surface area contributed by atoms with Gasteiger partial charge in [0, 0.05) is 6.61 Å². The summed E-state index contributed by atoms with van der Waals surface area (Å²) in [6.45, 7) is 1.58. The van der Waals surface area contributed by atoms with E-state index in [1.807, 2.05) is 30.3 Å². The minimum Gasteiger partial charge on any atom is -0.467 e. The molecule has 6 nitrogen and oxygen atoms in total. The molecule has 0 fully saturated rings. The second-order valence-corrected chi connectivity index (χ2v) is 4.84. The molecular formula is C15H21NO5. The van der Waals surface area contributed by atoms with Crippen LogP contribution in [-0.2, 0) is 20.9 Å². The highest BCUT2D eigenvalue weighted by Gasteiger charge is 2.36. The summed E-state index contributed by atoms with van der Waals surface area (Å²) in [5.74, 6) is -0.576. The first kappa shape index (κ1) is 17.0. The van der Waals surface area contributed by atoms with Crippen LogP contribution >= 0.6 is 0 Å². The van der Waals surface area contributed by atoms with Gasteiger partial charge in [0.25, 0.3) is 0 Å². The van der Waals surface area contributed by atoms with Gasteiger partial charge < -0.3 is 19.9 Å². The molecule has 0 aliphatic carbocycles. The predicted molar refractivity (Wildman–Crippen MR) is 76.5 cm³/mol. The Morgan fingerprint density at radius 2 is 1.95 bits per heavy atom. The first-order valence-electron chi connectivity index (χ1n) is 6.70. The summed E-state index contributed by atoms with van der Waals surface area (Å²) in [4.78, 5) is 23.6. The SMILES string of the molecule is COC(=O)[C@@](C)(CCCO)NC(=O)OCc1ccccc1. The minimum atomic E-state index is -1.22. The van der Waals surface area contributed by atoms with Gasteiger partial charge in [-0.2, -0.15) is 0 Å². The van der Waals surface area contributed by atoms with Crippen molar-refractivity contribution >= 4 is 12.1 Å². The van der Waals surface area contributed by atoms with E-state index in [9.17, 15) is 9.59 Å². The van der Waals surface area contributed by atoms with Gasteiger partial charge in [0.05, 0.1) is 7.11 Å². The molecule has 0 aliphatic heterocycles. The van der Waals surface area contributed by atoms with E-state index in [2.05, 4.69) is 10.1 Å². The van der Waals surface area contributed by atoms with E-state index < -0.39 is 17.6 Å². The number of aliphatic hydroxyl groups excluding tert-OH is 1. The quantitative estimate of drug-likeness (QED) is 0.747. The van der Waals surface area contributed by atoms with Crippen molar-refractivity contribution in [2.24, 2.45) is 0 Å². The Labute approximate surface area is 124 Å². The number of alkyl carbamates (subject to hydrolysis) is 1. The minimum absolute atomic E-state index is 0.0761. The molecule has 0 saturated heterocycles. The smallest absolute Gasteiger partial charge is 0.408 e. The molecule has 1 atom stereocenters. The molecule has 1 amide bonds. The molecule has 1 aromatic carbocycles. The van der Waals surface area contributed by atoms with Gasteiger partial charge in [-0.15, -0.1) is 0 Å². The molecule has 1 rings (SSSR count).